The van der Waals surface area contributed by atoms with Gasteiger partial charge in [-0.15, -0.1) is 6.58 Å². The second kappa shape index (κ2) is 6.28. The summed E-state index contributed by atoms with van der Waals surface area (Å²) in [5.41, 5.74) is 0. The van der Waals surface area contributed by atoms with E-state index in [4.69, 9.17) is 0 Å². The van der Waals surface area contributed by atoms with E-state index in [-0.39, 0.29) is 0 Å². The van der Waals surface area contributed by atoms with Gasteiger partial charge in [0, 0.05) is 0 Å². The van der Waals surface area contributed by atoms with Crippen molar-refractivity contribution in [1.29, 1.82) is 0 Å². The summed E-state index contributed by atoms with van der Waals surface area (Å²) in [5.74, 6) is 2.26. The van der Waals surface area contributed by atoms with E-state index < -0.39 is 0 Å². The molecule has 0 fully saturated rings. The third-order valence-corrected chi connectivity index (χ3v) is 2.71. The first-order chi connectivity index (χ1) is 5.63. The molecule has 0 rings (SSSR count). The lowest BCUT2D eigenvalue weighted by molar-refractivity contribution is 0.311. The summed E-state index contributed by atoms with van der Waals surface area (Å²) in [5, 5.41) is 0. The van der Waals surface area contributed by atoms with Gasteiger partial charge in [-0.25, -0.2) is 0 Å². The van der Waals surface area contributed by atoms with Crippen LogP contribution in [0.15, 0.2) is 12.7 Å². The Labute approximate surface area is 78.1 Å². The highest BCUT2D eigenvalue weighted by molar-refractivity contribution is 4.84. The highest BCUT2D eigenvalue weighted by Crippen LogP contribution is 2.25. The normalized spacial score (nSPS) is 16.1. The van der Waals surface area contributed by atoms with Crippen LogP contribution in [-0.2, 0) is 0 Å². The van der Waals surface area contributed by atoms with Crippen molar-refractivity contribution in [3.63, 3.8) is 0 Å². The van der Waals surface area contributed by atoms with Crippen LogP contribution in [0, 0.1) is 17.8 Å². The maximum absolute atomic E-state index is 3.91. The molecular formula is C12H24. The van der Waals surface area contributed by atoms with Crippen LogP contribution >= 0.6 is 0 Å². The second-order valence-corrected chi connectivity index (χ2v) is 4.18. The molecule has 0 heteroatoms. The number of hydrogen-bond acceptors (Lipinski definition) is 0. The smallest absolute Gasteiger partial charge is 0.0187 e. The molecule has 0 spiro atoms. The summed E-state index contributed by atoms with van der Waals surface area (Å²) >= 11 is 0. The van der Waals surface area contributed by atoms with E-state index in [1.54, 1.807) is 0 Å². The average Bonchev–Trinajstić information content (AvgIpc) is 2.01. The Hall–Kier alpha value is -0.260. The third-order valence-electron chi connectivity index (χ3n) is 2.71. The number of rotatable bonds is 6. The largest absolute Gasteiger partial charge is 0.103 e. The van der Waals surface area contributed by atoms with Gasteiger partial charge in [-0.2, -0.15) is 0 Å². The van der Waals surface area contributed by atoms with Crippen LogP contribution in [0.25, 0.3) is 0 Å². The summed E-state index contributed by atoms with van der Waals surface area (Å²) < 4.78 is 0. The van der Waals surface area contributed by atoms with E-state index >= 15 is 0 Å². The molecule has 2 unspecified atom stereocenters. The summed E-state index contributed by atoms with van der Waals surface area (Å²) in [6, 6.07) is 0. The lowest BCUT2D eigenvalue weighted by Crippen LogP contribution is -2.15. The molecule has 0 nitrogen and oxygen atoms in total. The van der Waals surface area contributed by atoms with Gasteiger partial charge in [0.15, 0.2) is 0 Å². The van der Waals surface area contributed by atoms with Crippen molar-refractivity contribution >= 4 is 0 Å². The molecule has 0 aliphatic carbocycles. The van der Waals surface area contributed by atoms with E-state index in [0.717, 1.165) is 11.8 Å². The van der Waals surface area contributed by atoms with Crippen molar-refractivity contribution < 1.29 is 0 Å². The second-order valence-electron chi connectivity index (χ2n) is 4.18. The minimum Gasteiger partial charge on any atom is -0.103 e. The number of hydrogen-bond donors (Lipinski definition) is 0. The summed E-state index contributed by atoms with van der Waals surface area (Å²) in [4.78, 5) is 0. The standard InChI is InChI=1S/C12H24/c1-6-8-9-11(5)12(7-2)10(3)4/h7,10-12H,2,6,8-9H2,1,3-5H3. The first kappa shape index (κ1) is 11.7. The number of unbranched alkanes of at least 4 members (excludes halogenated alkanes) is 1. The first-order valence-corrected chi connectivity index (χ1v) is 5.26. The molecule has 72 valence electrons. The third kappa shape index (κ3) is 3.94. The molecule has 12 heavy (non-hydrogen) atoms. The Bertz CT molecular complexity index is 113. The van der Waals surface area contributed by atoms with Gasteiger partial charge < -0.3 is 0 Å². The topological polar surface area (TPSA) is 0 Å². The zero-order valence-electron chi connectivity index (χ0n) is 9.14. The minimum atomic E-state index is 0.705. The Morgan fingerprint density at radius 2 is 1.83 bits per heavy atom. The van der Waals surface area contributed by atoms with Gasteiger partial charge in [-0.05, 0) is 17.8 Å². The van der Waals surface area contributed by atoms with E-state index in [0.29, 0.717) is 5.92 Å². The van der Waals surface area contributed by atoms with Crippen LogP contribution < -0.4 is 0 Å². The van der Waals surface area contributed by atoms with Crippen LogP contribution in [0.5, 0.6) is 0 Å². The predicted octanol–water partition coefficient (Wildman–Crippen LogP) is 4.27. The van der Waals surface area contributed by atoms with Crippen LogP contribution in [-0.4, -0.2) is 0 Å². The quantitative estimate of drug-likeness (QED) is 0.519. The average molecular weight is 168 g/mol. The Morgan fingerprint density at radius 3 is 2.17 bits per heavy atom. The van der Waals surface area contributed by atoms with E-state index in [1.165, 1.54) is 19.3 Å². The zero-order valence-corrected chi connectivity index (χ0v) is 9.14. The minimum absolute atomic E-state index is 0.705. The fourth-order valence-electron chi connectivity index (χ4n) is 1.88. The molecule has 0 heterocycles. The molecular weight excluding hydrogens is 144 g/mol. The molecule has 0 radical (unpaired) electrons. The molecule has 0 N–H and O–H groups in total. The molecule has 0 aromatic carbocycles. The van der Waals surface area contributed by atoms with Crippen LogP contribution in [0.1, 0.15) is 47.0 Å². The van der Waals surface area contributed by atoms with Crippen molar-refractivity contribution in [2.24, 2.45) is 17.8 Å². The van der Waals surface area contributed by atoms with Gasteiger partial charge >= 0.3 is 0 Å². The van der Waals surface area contributed by atoms with Crippen molar-refractivity contribution in [1.82, 2.24) is 0 Å². The fraction of sp³-hybridized carbons (Fsp3) is 0.833. The van der Waals surface area contributed by atoms with Gasteiger partial charge in [-0.3, -0.25) is 0 Å². The highest BCUT2D eigenvalue weighted by atomic mass is 14.2. The summed E-state index contributed by atoms with van der Waals surface area (Å²) in [7, 11) is 0. The zero-order chi connectivity index (χ0) is 9.56. The van der Waals surface area contributed by atoms with Crippen molar-refractivity contribution in [3.05, 3.63) is 12.7 Å². The summed E-state index contributed by atoms with van der Waals surface area (Å²) in [6.07, 6.45) is 6.15. The van der Waals surface area contributed by atoms with Crippen LogP contribution in [0.3, 0.4) is 0 Å². The Balaban J connectivity index is 3.85. The molecule has 0 saturated carbocycles. The van der Waals surface area contributed by atoms with Crippen molar-refractivity contribution in [2.45, 2.75) is 47.0 Å². The molecule has 0 aliphatic rings. The van der Waals surface area contributed by atoms with Crippen LogP contribution in [0.2, 0.25) is 0 Å². The van der Waals surface area contributed by atoms with E-state index in [9.17, 15) is 0 Å². The van der Waals surface area contributed by atoms with Gasteiger partial charge in [0.1, 0.15) is 0 Å². The van der Waals surface area contributed by atoms with Crippen molar-refractivity contribution in [3.8, 4) is 0 Å². The number of allylic oxidation sites excluding steroid dienone is 1. The lowest BCUT2D eigenvalue weighted by Gasteiger charge is -2.23. The molecule has 0 aromatic rings. The van der Waals surface area contributed by atoms with Gasteiger partial charge in [-0.1, -0.05) is 53.0 Å². The predicted molar refractivity (Wildman–Crippen MR) is 57.2 cm³/mol. The molecule has 0 saturated heterocycles. The fourth-order valence-corrected chi connectivity index (χ4v) is 1.88. The molecule has 0 aliphatic heterocycles. The van der Waals surface area contributed by atoms with E-state index in [2.05, 4.69) is 40.3 Å². The van der Waals surface area contributed by atoms with Crippen LogP contribution in [0.4, 0.5) is 0 Å². The monoisotopic (exact) mass is 168 g/mol. The first-order valence-electron chi connectivity index (χ1n) is 5.26. The Morgan fingerprint density at radius 1 is 1.25 bits per heavy atom. The lowest BCUT2D eigenvalue weighted by atomic mass is 9.82. The molecule has 0 aromatic heterocycles. The Kier molecular flexibility index (Phi) is 6.14. The maximum Gasteiger partial charge on any atom is -0.0187 e. The molecule has 2 atom stereocenters. The molecule has 0 bridgehead atoms. The SMILES string of the molecule is C=CC(C(C)C)C(C)CCCC. The van der Waals surface area contributed by atoms with Gasteiger partial charge in [0.25, 0.3) is 0 Å². The highest BCUT2D eigenvalue weighted by Gasteiger charge is 2.16. The maximum atomic E-state index is 3.91. The molecule has 0 amide bonds. The van der Waals surface area contributed by atoms with E-state index in [1.807, 2.05) is 0 Å². The van der Waals surface area contributed by atoms with Crippen molar-refractivity contribution in [2.75, 3.05) is 0 Å². The summed E-state index contributed by atoms with van der Waals surface area (Å²) in [6.45, 7) is 13.1. The van der Waals surface area contributed by atoms with Gasteiger partial charge in [0.05, 0.1) is 0 Å². The van der Waals surface area contributed by atoms with Gasteiger partial charge in [0.2, 0.25) is 0 Å².